The summed E-state index contributed by atoms with van der Waals surface area (Å²) in [6.45, 7) is 1.19. The van der Waals surface area contributed by atoms with Crippen LogP contribution in [0.15, 0.2) is 34.1 Å². The second kappa shape index (κ2) is 5.27. The van der Waals surface area contributed by atoms with Gasteiger partial charge in [0.1, 0.15) is 6.04 Å². The third-order valence-electron chi connectivity index (χ3n) is 2.26. The molecule has 0 heterocycles. The van der Waals surface area contributed by atoms with E-state index in [1.807, 2.05) is 4.72 Å². The van der Waals surface area contributed by atoms with Gasteiger partial charge in [-0.15, -0.1) is 0 Å². The first-order chi connectivity index (χ1) is 8.54. The van der Waals surface area contributed by atoms with Crippen molar-refractivity contribution in [3.05, 3.63) is 24.3 Å². The molecule has 0 saturated heterocycles. The average Bonchev–Trinajstić information content (AvgIpc) is 2.27. The fraction of sp³-hybridized carbons (Fsp3) is 0.300. The lowest BCUT2D eigenvalue weighted by Gasteiger charge is -2.10. The van der Waals surface area contributed by atoms with Crippen LogP contribution < -0.4 is 4.72 Å². The van der Waals surface area contributed by atoms with E-state index >= 15 is 0 Å². The Morgan fingerprint density at radius 3 is 1.89 bits per heavy atom. The van der Waals surface area contributed by atoms with Gasteiger partial charge in [-0.2, -0.15) is 4.72 Å². The highest BCUT2D eigenvalue weighted by Gasteiger charge is 2.21. The zero-order valence-electron chi connectivity index (χ0n) is 10.2. The molecule has 9 heteroatoms. The Labute approximate surface area is 111 Å². The summed E-state index contributed by atoms with van der Waals surface area (Å²) < 4.78 is 48.0. The smallest absolute Gasteiger partial charge is 0.321 e. The van der Waals surface area contributed by atoms with Gasteiger partial charge in [0.05, 0.1) is 9.79 Å². The lowest BCUT2D eigenvalue weighted by Crippen LogP contribution is -2.38. The maximum absolute atomic E-state index is 11.8. The van der Waals surface area contributed by atoms with Crippen molar-refractivity contribution in [1.29, 1.82) is 0 Å². The van der Waals surface area contributed by atoms with Crippen molar-refractivity contribution in [2.75, 3.05) is 6.26 Å². The van der Waals surface area contributed by atoms with Gasteiger partial charge in [-0.05, 0) is 31.2 Å². The Bertz CT molecular complexity index is 675. The van der Waals surface area contributed by atoms with Gasteiger partial charge in [-0.25, -0.2) is 16.8 Å². The minimum Gasteiger partial charge on any atom is -0.480 e. The molecule has 0 aliphatic carbocycles. The van der Waals surface area contributed by atoms with E-state index in [0.29, 0.717) is 0 Å². The molecule has 0 aliphatic heterocycles. The number of hydrogen-bond acceptors (Lipinski definition) is 5. The maximum atomic E-state index is 11.8. The van der Waals surface area contributed by atoms with Crippen LogP contribution in [0.1, 0.15) is 6.92 Å². The monoisotopic (exact) mass is 307 g/mol. The van der Waals surface area contributed by atoms with Crippen LogP contribution in [0.3, 0.4) is 0 Å². The van der Waals surface area contributed by atoms with Crippen molar-refractivity contribution in [1.82, 2.24) is 4.72 Å². The van der Waals surface area contributed by atoms with E-state index in [0.717, 1.165) is 30.5 Å². The van der Waals surface area contributed by atoms with Gasteiger partial charge >= 0.3 is 5.97 Å². The first-order valence-corrected chi connectivity index (χ1v) is 8.47. The van der Waals surface area contributed by atoms with Crippen LogP contribution in [-0.2, 0) is 24.7 Å². The first-order valence-electron chi connectivity index (χ1n) is 5.09. The molecule has 0 fully saturated rings. The summed E-state index contributed by atoms with van der Waals surface area (Å²) in [6.07, 6.45) is 1.00. The fourth-order valence-electron chi connectivity index (χ4n) is 1.22. The van der Waals surface area contributed by atoms with Gasteiger partial charge < -0.3 is 5.11 Å². The molecular formula is C10H13NO6S2. The summed E-state index contributed by atoms with van der Waals surface area (Å²) in [4.78, 5) is 10.4. The molecule has 1 atom stereocenters. The van der Waals surface area contributed by atoms with Crippen LogP contribution in [0, 0.1) is 0 Å². The highest BCUT2D eigenvalue weighted by atomic mass is 32.2. The number of sulfone groups is 1. The van der Waals surface area contributed by atoms with Crippen molar-refractivity contribution in [3.63, 3.8) is 0 Å². The van der Waals surface area contributed by atoms with Crippen molar-refractivity contribution in [2.24, 2.45) is 0 Å². The lowest BCUT2D eigenvalue weighted by molar-refractivity contribution is -0.138. The number of rotatable bonds is 5. The summed E-state index contributed by atoms with van der Waals surface area (Å²) in [5.74, 6) is -1.31. The minimum absolute atomic E-state index is 0.0160. The zero-order chi connectivity index (χ0) is 14.8. The maximum Gasteiger partial charge on any atom is 0.321 e. The highest BCUT2D eigenvalue weighted by Crippen LogP contribution is 2.14. The van der Waals surface area contributed by atoms with Crippen LogP contribution in [0.5, 0.6) is 0 Å². The largest absolute Gasteiger partial charge is 0.480 e. The van der Waals surface area contributed by atoms with E-state index in [2.05, 4.69) is 0 Å². The predicted molar refractivity (Wildman–Crippen MR) is 67.0 cm³/mol. The molecule has 0 amide bonds. The Morgan fingerprint density at radius 1 is 1.11 bits per heavy atom. The number of hydrogen-bond donors (Lipinski definition) is 2. The molecule has 0 aliphatic rings. The standard InChI is InChI=1S/C10H13NO6S2/c1-7(10(12)13)11-19(16,17)9-5-3-8(4-6-9)18(2,14)15/h3-7,11H,1-2H3,(H,12,13). The Hall–Kier alpha value is -1.45. The molecule has 0 radical (unpaired) electrons. The fourth-order valence-corrected chi connectivity index (χ4v) is 3.04. The molecule has 0 aromatic heterocycles. The Morgan fingerprint density at radius 2 is 1.53 bits per heavy atom. The summed E-state index contributed by atoms with van der Waals surface area (Å²) in [7, 11) is -7.40. The molecule has 106 valence electrons. The normalized spacial score (nSPS) is 14.0. The van der Waals surface area contributed by atoms with E-state index in [1.54, 1.807) is 0 Å². The summed E-state index contributed by atoms with van der Waals surface area (Å²) in [5.41, 5.74) is 0. The van der Waals surface area contributed by atoms with Crippen LogP contribution in [-0.4, -0.2) is 40.2 Å². The number of sulfonamides is 1. The third kappa shape index (κ3) is 4.01. The van der Waals surface area contributed by atoms with Crippen LogP contribution >= 0.6 is 0 Å². The van der Waals surface area contributed by atoms with Crippen molar-refractivity contribution >= 4 is 25.8 Å². The summed E-state index contributed by atoms with van der Waals surface area (Å²) in [6, 6.07) is 3.23. The average molecular weight is 307 g/mol. The van der Waals surface area contributed by atoms with Gasteiger partial charge in [0.15, 0.2) is 9.84 Å². The molecule has 1 aromatic carbocycles. The molecule has 1 unspecified atom stereocenters. The van der Waals surface area contributed by atoms with Gasteiger partial charge in [0.25, 0.3) is 0 Å². The second-order valence-corrected chi connectivity index (χ2v) is 7.65. The second-order valence-electron chi connectivity index (χ2n) is 3.92. The molecule has 1 aromatic rings. The van der Waals surface area contributed by atoms with Gasteiger partial charge in [0, 0.05) is 6.26 Å². The SMILES string of the molecule is CC(NS(=O)(=O)c1ccc(S(C)(=O)=O)cc1)C(=O)O. The van der Waals surface area contributed by atoms with Crippen LogP contribution in [0.4, 0.5) is 0 Å². The number of carboxylic acids is 1. The van der Waals surface area contributed by atoms with E-state index in [1.165, 1.54) is 6.92 Å². The molecule has 2 N–H and O–H groups in total. The highest BCUT2D eigenvalue weighted by molar-refractivity contribution is 7.90. The number of carbonyl (C=O) groups is 1. The van der Waals surface area contributed by atoms with Gasteiger partial charge in [-0.1, -0.05) is 0 Å². The molecule has 0 bridgehead atoms. The molecule has 19 heavy (non-hydrogen) atoms. The molecule has 0 spiro atoms. The van der Waals surface area contributed by atoms with Crippen LogP contribution in [0.25, 0.3) is 0 Å². The van der Waals surface area contributed by atoms with Crippen LogP contribution in [0.2, 0.25) is 0 Å². The van der Waals surface area contributed by atoms with Crippen molar-refractivity contribution in [2.45, 2.75) is 22.8 Å². The van der Waals surface area contributed by atoms with Crippen molar-refractivity contribution in [3.8, 4) is 0 Å². The summed E-state index contributed by atoms with van der Waals surface area (Å²) in [5, 5.41) is 8.64. The van der Waals surface area contributed by atoms with E-state index < -0.39 is 31.9 Å². The number of benzene rings is 1. The predicted octanol–water partition coefficient (Wildman–Crippen LogP) is -0.159. The number of carboxylic acid groups (broad SMARTS) is 1. The lowest BCUT2D eigenvalue weighted by atomic mass is 10.4. The molecule has 0 saturated carbocycles. The van der Waals surface area contributed by atoms with E-state index in [4.69, 9.17) is 5.11 Å². The number of aliphatic carboxylic acids is 1. The van der Waals surface area contributed by atoms with E-state index in [9.17, 15) is 21.6 Å². The third-order valence-corrected chi connectivity index (χ3v) is 4.95. The zero-order valence-corrected chi connectivity index (χ0v) is 11.8. The number of nitrogens with one attached hydrogen (secondary N) is 1. The molecule has 1 rings (SSSR count). The first kappa shape index (κ1) is 15.6. The van der Waals surface area contributed by atoms with Crippen molar-refractivity contribution < 1.29 is 26.7 Å². The summed E-state index contributed by atoms with van der Waals surface area (Å²) >= 11 is 0. The quantitative estimate of drug-likeness (QED) is 0.780. The Kier molecular flexibility index (Phi) is 4.33. The van der Waals surface area contributed by atoms with E-state index in [-0.39, 0.29) is 9.79 Å². The van der Waals surface area contributed by atoms with Gasteiger partial charge in [-0.3, -0.25) is 4.79 Å². The Balaban J connectivity index is 3.07. The van der Waals surface area contributed by atoms with Gasteiger partial charge in [0.2, 0.25) is 10.0 Å². The topological polar surface area (TPSA) is 118 Å². The minimum atomic E-state index is -3.99. The molecule has 7 nitrogen and oxygen atoms in total. The molecular weight excluding hydrogens is 294 g/mol.